The smallest absolute Gasteiger partial charge is 0.261 e. The summed E-state index contributed by atoms with van der Waals surface area (Å²) >= 11 is 1.51. The lowest BCUT2D eigenvalue weighted by molar-refractivity contribution is 0.0944. The van der Waals surface area contributed by atoms with Crippen molar-refractivity contribution in [3.05, 3.63) is 65.2 Å². The number of thiophene rings is 1. The topological polar surface area (TPSA) is 64.7 Å². The van der Waals surface area contributed by atoms with Crippen molar-refractivity contribution >= 4 is 27.5 Å². The molecule has 0 saturated carbocycles. The Morgan fingerprint density at radius 3 is 2.62 bits per heavy atom. The van der Waals surface area contributed by atoms with E-state index in [1.165, 1.54) is 11.3 Å². The van der Waals surface area contributed by atoms with Crippen LogP contribution in [0.5, 0.6) is 0 Å². The molecule has 0 aliphatic rings. The predicted molar refractivity (Wildman–Crippen MR) is 117 cm³/mol. The van der Waals surface area contributed by atoms with Crippen molar-refractivity contribution in [2.45, 2.75) is 40.3 Å². The van der Waals surface area contributed by atoms with Crippen molar-refractivity contribution in [1.82, 2.24) is 24.6 Å². The number of carbonyl (C=O) groups is 1. The Morgan fingerprint density at radius 2 is 1.97 bits per heavy atom. The van der Waals surface area contributed by atoms with Crippen LogP contribution in [-0.4, -0.2) is 25.2 Å². The van der Waals surface area contributed by atoms with E-state index in [4.69, 9.17) is 0 Å². The largest absolute Gasteiger partial charge is 0.345 e. The summed E-state index contributed by atoms with van der Waals surface area (Å²) in [6, 6.07) is 10.0. The molecule has 4 aromatic rings. The molecule has 0 bridgehead atoms. The summed E-state index contributed by atoms with van der Waals surface area (Å²) in [5.41, 5.74) is 3.07. The number of hydrogen-bond acceptors (Lipinski definition) is 4. The molecule has 7 heteroatoms. The van der Waals surface area contributed by atoms with E-state index in [1.54, 1.807) is 12.5 Å². The highest BCUT2D eigenvalue weighted by atomic mass is 32.1. The Morgan fingerprint density at radius 1 is 1.21 bits per heavy atom. The molecule has 150 valence electrons. The number of aryl methyl sites for hydroxylation is 1. The fourth-order valence-electron chi connectivity index (χ4n) is 3.39. The van der Waals surface area contributed by atoms with Gasteiger partial charge in [-0.05, 0) is 43.5 Å². The van der Waals surface area contributed by atoms with E-state index in [2.05, 4.69) is 29.2 Å². The van der Waals surface area contributed by atoms with Crippen LogP contribution in [-0.2, 0) is 6.54 Å². The minimum absolute atomic E-state index is 0.0483. The summed E-state index contributed by atoms with van der Waals surface area (Å²) in [5, 5.41) is 8.80. The normalized spacial score (nSPS) is 12.6. The monoisotopic (exact) mass is 407 g/mol. The number of carbonyl (C=O) groups excluding carboxylic acids is 1. The zero-order valence-electron chi connectivity index (χ0n) is 17.1. The number of nitrogens with one attached hydrogen (secondary N) is 1. The molecule has 1 amide bonds. The zero-order valence-corrected chi connectivity index (χ0v) is 17.9. The van der Waals surface area contributed by atoms with Crippen LogP contribution in [0.1, 0.15) is 47.7 Å². The minimum atomic E-state index is -0.0854. The SMILES string of the molecule is Cc1nn(CC(C)C)c2sc(C(=O)NC(C)c3ccc(-n4ccnc4)cc3)cc12. The summed E-state index contributed by atoms with van der Waals surface area (Å²) in [6.45, 7) is 9.19. The van der Waals surface area contributed by atoms with Crippen molar-refractivity contribution < 1.29 is 4.79 Å². The van der Waals surface area contributed by atoms with E-state index in [9.17, 15) is 4.79 Å². The fourth-order valence-corrected chi connectivity index (χ4v) is 4.47. The van der Waals surface area contributed by atoms with Crippen LogP contribution in [0.25, 0.3) is 15.9 Å². The van der Waals surface area contributed by atoms with Gasteiger partial charge in [-0.3, -0.25) is 9.48 Å². The molecule has 1 aromatic carbocycles. The third-order valence-electron chi connectivity index (χ3n) is 4.91. The first-order valence-corrected chi connectivity index (χ1v) is 10.6. The minimum Gasteiger partial charge on any atom is -0.345 e. The van der Waals surface area contributed by atoms with Crippen LogP contribution in [0.4, 0.5) is 0 Å². The molecule has 6 nitrogen and oxygen atoms in total. The van der Waals surface area contributed by atoms with E-state index >= 15 is 0 Å². The van der Waals surface area contributed by atoms with E-state index < -0.39 is 0 Å². The Bertz CT molecular complexity index is 1120. The van der Waals surface area contributed by atoms with Gasteiger partial charge in [0, 0.05) is 30.0 Å². The molecule has 29 heavy (non-hydrogen) atoms. The molecule has 3 aromatic heterocycles. The molecule has 1 unspecified atom stereocenters. The Hall–Kier alpha value is -2.93. The van der Waals surface area contributed by atoms with Gasteiger partial charge in [0.15, 0.2) is 0 Å². The molecule has 0 saturated heterocycles. The maximum atomic E-state index is 12.9. The molecular weight excluding hydrogens is 382 g/mol. The summed E-state index contributed by atoms with van der Waals surface area (Å²) in [4.78, 5) is 18.7. The quantitative estimate of drug-likeness (QED) is 0.502. The van der Waals surface area contributed by atoms with Gasteiger partial charge in [0.25, 0.3) is 5.91 Å². The third-order valence-corrected chi connectivity index (χ3v) is 6.06. The van der Waals surface area contributed by atoms with Gasteiger partial charge in [-0.25, -0.2) is 4.98 Å². The summed E-state index contributed by atoms with van der Waals surface area (Å²) in [7, 11) is 0. The molecule has 4 rings (SSSR count). The van der Waals surface area contributed by atoms with Gasteiger partial charge in [0.05, 0.1) is 22.9 Å². The Balaban J connectivity index is 1.50. The van der Waals surface area contributed by atoms with Crippen molar-refractivity contribution in [2.24, 2.45) is 5.92 Å². The molecule has 0 fully saturated rings. The summed E-state index contributed by atoms with van der Waals surface area (Å²) in [6.07, 6.45) is 5.43. The maximum Gasteiger partial charge on any atom is 0.261 e. The van der Waals surface area contributed by atoms with Gasteiger partial charge in [0.2, 0.25) is 0 Å². The van der Waals surface area contributed by atoms with Crippen LogP contribution >= 0.6 is 11.3 Å². The first-order chi connectivity index (χ1) is 13.9. The maximum absolute atomic E-state index is 12.9. The number of aromatic nitrogens is 4. The van der Waals surface area contributed by atoms with Crippen molar-refractivity contribution in [1.29, 1.82) is 0 Å². The summed E-state index contributed by atoms with van der Waals surface area (Å²) < 4.78 is 3.97. The van der Waals surface area contributed by atoms with Crippen LogP contribution in [0, 0.1) is 12.8 Å². The second kappa shape index (κ2) is 7.83. The van der Waals surface area contributed by atoms with E-state index in [0.717, 1.165) is 38.6 Å². The number of hydrogen-bond donors (Lipinski definition) is 1. The highest BCUT2D eigenvalue weighted by Gasteiger charge is 2.18. The second-order valence-electron chi connectivity index (χ2n) is 7.75. The lowest BCUT2D eigenvalue weighted by atomic mass is 10.1. The lowest BCUT2D eigenvalue weighted by Gasteiger charge is -2.14. The number of rotatable bonds is 6. The van der Waals surface area contributed by atoms with Crippen LogP contribution in [0.2, 0.25) is 0 Å². The second-order valence-corrected chi connectivity index (χ2v) is 8.78. The lowest BCUT2D eigenvalue weighted by Crippen LogP contribution is -2.25. The van der Waals surface area contributed by atoms with E-state index in [1.807, 2.05) is 59.6 Å². The average Bonchev–Trinajstić information content (AvgIpc) is 3.41. The van der Waals surface area contributed by atoms with Gasteiger partial charge in [-0.15, -0.1) is 11.3 Å². The number of nitrogens with zero attached hydrogens (tertiary/aromatic N) is 4. The van der Waals surface area contributed by atoms with Gasteiger partial charge in [0.1, 0.15) is 4.83 Å². The highest BCUT2D eigenvalue weighted by molar-refractivity contribution is 7.20. The predicted octanol–water partition coefficient (Wildman–Crippen LogP) is 4.74. The van der Waals surface area contributed by atoms with Crippen molar-refractivity contribution in [2.75, 3.05) is 0 Å². The van der Waals surface area contributed by atoms with Gasteiger partial charge >= 0.3 is 0 Å². The number of benzene rings is 1. The first kappa shape index (κ1) is 19.4. The van der Waals surface area contributed by atoms with Crippen molar-refractivity contribution in [3.8, 4) is 5.69 Å². The molecule has 0 radical (unpaired) electrons. The van der Waals surface area contributed by atoms with Crippen LogP contribution in [0.15, 0.2) is 49.1 Å². The number of amides is 1. The Kier molecular flexibility index (Phi) is 5.24. The molecule has 1 N–H and O–H groups in total. The number of fused-ring (bicyclic) bond motifs is 1. The fraction of sp³-hybridized carbons (Fsp3) is 0.318. The summed E-state index contributed by atoms with van der Waals surface area (Å²) in [5.74, 6) is 0.454. The van der Waals surface area contributed by atoms with Crippen LogP contribution in [0.3, 0.4) is 0 Å². The highest BCUT2D eigenvalue weighted by Crippen LogP contribution is 2.29. The van der Waals surface area contributed by atoms with E-state index in [0.29, 0.717) is 5.92 Å². The molecule has 3 heterocycles. The standard InChI is InChI=1S/C22H25N5OS/c1-14(2)12-27-22-19(16(4)25-27)11-20(29-22)21(28)24-15(3)17-5-7-18(8-6-17)26-10-9-23-13-26/h5-11,13-15H,12H2,1-4H3,(H,24,28). The number of imidazole rings is 1. The van der Waals surface area contributed by atoms with Gasteiger partial charge in [-0.1, -0.05) is 26.0 Å². The van der Waals surface area contributed by atoms with E-state index in [-0.39, 0.29) is 11.9 Å². The zero-order chi connectivity index (χ0) is 20.5. The van der Waals surface area contributed by atoms with Gasteiger partial charge in [-0.2, -0.15) is 5.10 Å². The van der Waals surface area contributed by atoms with Crippen LogP contribution < -0.4 is 5.32 Å². The molecular formula is C22H25N5OS. The molecule has 0 aliphatic heterocycles. The molecule has 0 spiro atoms. The third kappa shape index (κ3) is 3.96. The first-order valence-electron chi connectivity index (χ1n) is 9.78. The molecule has 0 aliphatic carbocycles. The van der Waals surface area contributed by atoms with Gasteiger partial charge < -0.3 is 9.88 Å². The Labute approximate surface area is 174 Å². The average molecular weight is 408 g/mol. The molecule has 1 atom stereocenters. The van der Waals surface area contributed by atoms with Crippen molar-refractivity contribution in [3.63, 3.8) is 0 Å².